The Kier molecular flexibility index (Phi) is 4.14. The number of fused-ring (bicyclic) bond motifs is 1. The molecule has 0 unspecified atom stereocenters. The quantitative estimate of drug-likeness (QED) is 0.860. The summed E-state index contributed by atoms with van der Waals surface area (Å²) < 4.78 is 2.14. The van der Waals surface area contributed by atoms with Crippen molar-refractivity contribution < 1.29 is 9.90 Å². The molecular formula is C13H15N5O2S. The van der Waals surface area contributed by atoms with Crippen LogP contribution in [0.3, 0.4) is 0 Å². The topological polar surface area (TPSA) is 93.8 Å². The lowest BCUT2D eigenvalue weighted by molar-refractivity contribution is 0.0695. The van der Waals surface area contributed by atoms with Crippen molar-refractivity contribution in [3.05, 3.63) is 29.6 Å². The molecule has 3 heterocycles. The Morgan fingerprint density at radius 1 is 1.33 bits per heavy atom. The molecule has 0 fully saturated rings. The first-order valence-corrected chi connectivity index (χ1v) is 7.81. The maximum atomic E-state index is 11.1. The van der Waals surface area contributed by atoms with Gasteiger partial charge < -0.3 is 9.67 Å². The van der Waals surface area contributed by atoms with E-state index >= 15 is 0 Å². The largest absolute Gasteiger partial charge is 0.478 e. The van der Waals surface area contributed by atoms with Crippen LogP contribution in [0.2, 0.25) is 0 Å². The zero-order chi connectivity index (χ0) is 14.7. The Morgan fingerprint density at radius 3 is 3.10 bits per heavy atom. The summed E-state index contributed by atoms with van der Waals surface area (Å²) in [6.45, 7) is 0.931. The van der Waals surface area contributed by atoms with Crippen LogP contribution >= 0.6 is 11.8 Å². The van der Waals surface area contributed by atoms with E-state index in [4.69, 9.17) is 5.11 Å². The van der Waals surface area contributed by atoms with E-state index in [9.17, 15) is 4.79 Å². The molecule has 3 rings (SSSR count). The van der Waals surface area contributed by atoms with Crippen molar-refractivity contribution in [3.8, 4) is 0 Å². The summed E-state index contributed by atoms with van der Waals surface area (Å²) in [5, 5.41) is 18.4. The van der Waals surface area contributed by atoms with Crippen LogP contribution < -0.4 is 0 Å². The van der Waals surface area contributed by atoms with Crippen LogP contribution in [0.4, 0.5) is 0 Å². The Morgan fingerprint density at radius 2 is 2.24 bits per heavy atom. The number of thioether (sulfide) groups is 1. The van der Waals surface area contributed by atoms with Gasteiger partial charge in [0.05, 0.1) is 5.69 Å². The number of aryl methyl sites for hydroxylation is 1. The fraction of sp³-hybridized carbons (Fsp3) is 0.462. The first kappa shape index (κ1) is 14.0. The van der Waals surface area contributed by atoms with Crippen LogP contribution in [0.15, 0.2) is 17.7 Å². The monoisotopic (exact) mass is 305 g/mol. The first-order chi connectivity index (χ1) is 10.3. The normalized spacial score (nSPS) is 14.5. The number of hydrogen-bond acceptors (Lipinski definition) is 6. The molecule has 0 aliphatic carbocycles. The van der Waals surface area contributed by atoms with E-state index in [0.717, 1.165) is 36.8 Å². The Labute approximate surface area is 125 Å². The number of aromatic carboxylic acids is 1. The van der Waals surface area contributed by atoms with Gasteiger partial charge in [0.15, 0.2) is 5.16 Å². The third-order valence-electron chi connectivity index (χ3n) is 3.44. The van der Waals surface area contributed by atoms with Crippen LogP contribution in [0.25, 0.3) is 0 Å². The average Bonchev–Trinajstić information content (AvgIpc) is 2.72. The highest BCUT2D eigenvalue weighted by molar-refractivity contribution is 7.98. The molecule has 0 saturated carbocycles. The molecule has 7 nitrogen and oxygen atoms in total. The van der Waals surface area contributed by atoms with Crippen molar-refractivity contribution in [2.24, 2.45) is 0 Å². The van der Waals surface area contributed by atoms with E-state index in [0.29, 0.717) is 11.4 Å². The highest BCUT2D eigenvalue weighted by Gasteiger charge is 2.17. The molecule has 8 heteroatoms. The van der Waals surface area contributed by atoms with Gasteiger partial charge >= 0.3 is 5.97 Å². The molecule has 21 heavy (non-hydrogen) atoms. The van der Waals surface area contributed by atoms with Crippen LogP contribution in [-0.2, 0) is 18.7 Å². The summed E-state index contributed by atoms with van der Waals surface area (Å²) in [4.78, 5) is 19.0. The molecule has 2 aromatic rings. The summed E-state index contributed by atoms with van der Waals surface area (Å²) in [5.41, 5.74) is 0.647. The molecule has 0 amide bonds. The number of nitrogens with zero attached hydrogens (tertiary/aromatic N) is 5. The van der Waals surface area contributed by atoms with Gasteiger partial charge in [0.2, 0.25) is 0 Å². The predicted molar refractivity (Wildman–Crippen MR) is 76.1 cm³/mol. The molecule has 0 atom stereocenters. The maximum absolute atomic E-state index is 11.1. The molecule has 1 N–H and O–H groups in total. The van der Waals surface area contributed by atoms with Gasteiger partial charge in [-0.15, -0.1) is 10.2 Å². The molecule has 0 spiro atoms. The van der Waals surface area contributed by atoms with E-state index < -0.39 is 5.97 Å². The molecule has 1 aliphatic rings. The highest BCUT2D eigenvalue weighted by atomic mass is 32.2. The summed E-state index contributed by atoms with van der Waals surface area (Å²) in [7, 11) is 0. The van der Waals surface area contributed by atoms with Gasteiger partial charge in [0.1, 0.15) is 17.7 Å². The van der Waals surface area contributed by atoms with Gasteiger partial charge in [-0.25, -0.2) is 14.8 Å². The summed E-state index contributed by atoms with van der Waals surface area (Å²) in [6, 6.07) is 0. The van der Waals surface area contributed by atoms with Gasteiger partial charge in [-0.2, -0.15) is 0 Å². The Bertz CT molecular complexity index is 658. The third kappa shape index (κ3) is 3.05. The number of hydrogen-bond donors (Lipinski definition) is 1. The standard InChI is InChI=1S/C13H15N5O2S/c19-12(20)9-6-14-8-15-10(9)7-21-13-17-16-11-4-2-1-3-5-18(11)13/h6,8H,1-5,7H2,(H,19,20). The summed E-state index contributed by atoms with van der Waals surface area (Å²) >= 11 is 1.47. The molecule has 0 aromatic carbocycles. The molecule has 0 radical (unpaired) electrons. The summed E-state index contributed by atoms with van der Waals surface area (Å²) in [6.07, 6.45) is 7.15. The number of rotatable bonds is 4. The number of carboxylic acid groups (broad SMARTS) is 1. The van der Waals surface area contributed by atoms with Gasteiger partial charge in [0, 0.05) is 24.9 Å². The SMILES string of the molecule is O=C(O)c1cncnc1CSc1nnc2n1CCCCC2. The van der Waals surface area contributed by atoms with Crippen molar-refractivity contribution in [2.45, 2.75) is 43.1 Å². The fourth-order valence-corrected chi connectivity index (χ4v) is 3.29. The molecule has 1 aliphatic heterocycles. The average molecular weight is 305 g/mol. The highest BCUT2D eigenvalue weighted by Crippen LogP contribution is 2.25. The van der Waals surface area contributed by atoms with Gasteiger partial charge in [-0.05, 0) is 12.8 Å². The lowest BCUT2D eigenvalue weighted by Gasteiger charge is -2.07. The van der Waals surface area contributed by atoms with Crippen molar-refractivity contribution in [2.75, 3.05) is 0 Å². The second-order valence-corrected chi connectivity index (χ2v) is 5.78. The van der Waals surface area contributed by atoms with Crippen LogP contribution in [0, 0.1) is 0 Å². The lowest BCUT2D eigenvalue weighted by atomic mass is 10.2. The Hall–Kier alpha value is -1.96. The van der Waals surface area contributed by atoms with Crippen LogP contribution in [0.5, 0.6) is 0 Å². The fourth-order valence-electron chi connectivity index (χ4n) is 2.35. The van der Waals surface area contributed by atoms with Gasteiger partial charge in [-0.3, -0.25) is 0 Å². The number of carboxylic acids is 1. The van der Waals surface area contributed by atoms with E-state index in [1.54, 1.807) is 0 Å². The minimum absolute atomic E-state index is 0.139. The molecule has 0 bridgehead atoms. The minimum atomic E-state index is -1.01. The predicted octanol–water partition coefficient (Wildman–Crippen LogP) is 1.78. The van der Waals surface area contributed by atoms with E-state index in [2.05, 4.69) is 24.7 Å². The van der Waals surface area contributed by atoms with Gasteiger partial charge in [0.25, 0.3) is 0 Å². The summed E-state index contributed by atoms with van der Waals surface area (Å²) in [5.74, 6) is 0.463. The zero-order valence-corrected chi connectivity index (χ0v) is 12.2. The molecule has 0 saturated heterocycles. The van der Waals surface area contributed by atoms with E-state index in [1.165, 1.54) is 30.7 Å². The van der Waals surface area contributed by atoms with Gasteiger partial charge in [-0.1, -0.05) is 18.2 Å². The van der Waals surface area contributed by atoms with Crippen molar-refractivity contribution in [1.82, 2.24) is 24.7 Å². The van der Waals surface area contributed by atoms with Crippen molar-refractivity contribution in [1.29, 1.82) is 0 Å². The lowest BCUT2D eigenvalue weighted by Crippen LogP contribution is -2.06. The molecule has 110 valence electrons. The van der Waals surface area contributed by atoms with Crippen molar-refractivity contribution in [3.63, 3.8) is 0 Å². The van der Waals surface area contributed by atoms with E-state index in [1.807, 2.05) is 0 Å². The Balaban J connectivity index is 1.77. The van der Waals surface area contributed by atoms with Crippen LogP contribution in [-0.4, -0.2) is 35.8 Å². The second kappa shape index (κ2) is 6.21. The molecule has 2 aromatic heterocycles. The number of carbonyl (C=O) groups is 1. The number of aromatic nitrogens is 5. The van der Waals surface area contributed by atoms with E-state index in [-0.39, 0.29) is 5.56 Å². The molecular weight excluding hydrogens is 290 g/mol. The smallest absolute Gasteiger partial charge is 0.339 e. The maximum Gasteiger partial charge on any atom is 0.339 e. The third-order valence-corrected chi connectivity index (χ3v) is 4.42. The van der Waals surface area contributed by atoms with Crippen molar-refractivity contribution >= 4 is 17.7 Å². The first-order valence-electron chi connectivity index (χ1n) is 6.83. The zero-order valence-electron chi connectivity index (χ0n) is 11.4. The second-order valence-electron chi connectivity index (χ2n) is 4.84. The van der Waals surface area contributed by atoms with Crippen LogP contribution in [0.1, 0.15) is 41.1 Å². The minimum Gasteiger partial charge on any atom is -0.478 e.